The minimum Gasteiger partial charge on any atom is -0.451 e. The van der Waals surface area contributed by atoms with E-state index in [4.69, 9.17) is 4.42 Å². The van der Waals surface area contributed by atoms with E-state index in [-0.39, 0.29) is 24.1 Å². The van der Waals surface area contributed by atoms with Crippen molar-refractivity contribution in [2.45, 2.75) is 13.8 Å². The maximum absolute atomic E-state index is 13.7. The van der Waals surface area contributed by atoms with E-state index in [1.54, 1.807) is 38.1 Å². The van der Waals surface area contributed by atoms with Crippen LogP contribution in [-0.4, -0.2) is 24.9 Å². The normalized spacial score (nSPS) is 10.6. The first kappa shape index (κ1) is 16.7. The van der Waals surface area contributed by atoms with Crippen molar-refractivity contribution in [2.24, 2.45) is 5.92 Å². The van der Waals surface area contributed by atoms with Crippen molar-refractivity contribution in [3.63, 3.8) is 0 Å². The SMILES string of the molecule is CC(C)C(=O)NCCNC(=O)c1ccc(-c2ccccc2F)o1. The third-order valence-electron chi connectivity index (χ3n) is 3.20. The molecule has 0 aliphatic rings. The molecule has 0 fully saturated rings. The molecule has 2 N–H and O–H groups in total. The first-order valence-electron chi connectivity index (χ1n) is 7.39. The molecule has 23 heavy (non-hydrogen) atoms. The molecule has 0 saturated heterocycles. The number of carbonyl (C=O) groups excluding carboxylic acids is 2. The number of hydrogen-bond donors (Lipinski definition) is 2. The fraction of sp³-hybridized carbons (Fsp3) is 0.294. The quantitative estimate of drug-likeness (QED) is 0.804. The minimum atomic E-state index is -0.412. The van der Waals surface area contributed by atoms with Crippen LogP contribution in [0.25, 0.3) is 11.3 Å². The molecule has 5 nitrogen and oxygen atoms in total. The number of furan rings is 1. The Balaban J connectivity index is 1.89. The Kier molecular flexibility index (Phi) is 5.51. The van der Waals surface area contributed by atoms with Crippen molar-refractivity contribution in [3.05, 3.63) is 48.0 Å². The summed E-state index contributed by atoms with van der Waals surface area (Å²) in [5.74, 6) is -0.602. The molecule has 0 saturated carbocycles. The van der Waals surface area contributed by atoms with Crippen LogP contribution in [0.5, 0.6) is 0 Å². The van der Waals surface area contributed by atoms with Crippen LogP contribution in [0.1, 0.15) is 24.4 Å². The molecule has 0 radical (unpaired) electrons. The maximum Gasteiger partial charge on any atom is 0.287 e. The third-order valence-corrected chi connectivity index (χ3v) is 3.20. The zero-order valence-corrected chi connectivity index (χ0v) is 13.1. The Morgan fingerprint density at radius 3 is 2.48 bits per heavy atom. The van der Waals surface area contributed by atoms with Gasteiger partial charge in [-0.05, 0) is 24.3 Å². The molecular weight excluding hydrogens is 299 g/mol. The average molecular weight is 318 g/mol. The number of halogens is 1. The molecule has 0 aliphatic carbocycles. The number of carbonyl (C=O) groups is 2. The fourth-order valence-electron chi connectivity index (χ4n) is 1.92. The van der Waals surface area contributed by atoms with Crippen LogP contribution in [0.3, 0.4) is 0 Å². The van der Waals surface area contributed by atoms with E-state index in [0.717, 1.165) is 0 Å². The molecule has 2 amide bonds. The molecule has 1 aromatic heterocycles. The molecule has 122 valence electrons. The van der Waals surface area contributed by atoms with E-state index in [0.29, 0.717) is 17.9 Å². The Hall–Kier alpha value is -2.63. The molecule has 1 aromatic carbocycles. The van der Waals surface area contributed by atoms with Gasteiger partial charge >= 0.3 is 0 Å². The van der Waals surface area contributed by atoms with Crippen molar-refractivity contribution in [2.75, 3.05) is 13.1 Å². The Morgan fingerprint density at radius 2 is 1.78 bits per heavy atom. The summed E-state index contributed by atoms with van der Waals surface area (Å²) < 4.78 is 19.1. The average Bonchev–Trinajstić information content (AvgIpc) is 3.01. The second kappa shape index (κ2) is 7.58. The van der Waals surface area contributed by atoms with Crippen LogP contribution < -0.4 is 10.6 Å². The summed E-state index contributed by atoms with van der Waals surface area (Å²) in [6, 6.07) is 9.23. The Morgan fingerprint density at radius 1 is 1.09 bits per heavy atom. The first-order valence-corrected chi connectivity index (χ1v) is 7.39. The van der Waals surface area contributed by atoms with Gasteiger partial charge in [0.1, 0.15) is 11.6 Å². The summed E-state index contributed by atoms with van der Waals surface area (Å²) in [4.78, 5) is 23.3. The van der Waals surface area contributed by atoms with Gasteiger partial charge in [0, 0.05) is 19.0 Å². The van der Waals surface area contributed by atoms with Gasteiger partial charge in [0.05, 0.1) is 5.56 Å². The highest BCUT2D eigenvalue weighted by Gasteiger charge is 2.14. The maximum atomic E-state index is 13.7. The van der Waals surface area contributed by atoms with E-state index in [1.165, 1.54) is 12.1 Å². The zero-order chi connectivity index (χ0) is 16.8. The first-order chi connectivity index (χ1) is 11.0. The van der Waals surface area contributed by atoms with E-state index in [1.807, 2.05) is 0 Å². The lowest BCUT2D eigenvalue weighted by Gasteiger charge is -2.07. The summed E-state index contributed by atoms with van der Waals surface area (Å²) >= 11 is 0. The van der Waals surface area contributed by atoms with Gasteiger partial charge in [-0.15, -0.1) is 0 Å². The number of rotatable bonds is 6. The third kappa shape index (κ3) is 4.42. The predicted molar refractivity (Wildman–Crippen MR) is 84.3 cm³/mol. The van der Waals surface area contributed by atoms with Crippen molar-refractivity contribution >= 4 is 11.8 Å². The van der Waals surface area contributed by atoms with Gasteiger partial charge < -0.3 is 15.1 Å². The Bertz CT molecular complexity index is 695. The number of hydrogen-bond acceptors (Lipinski definition) is 3. The van der Waals surface area contributed by atoms with Crippen molar-refractivity contribution < 1.29 is 18.4 Å². The summed E-state index contributed by atoms with van der Waals surface area (Å²) in [5, 5.41) is 5.33. The van der Waals surface area contributed by atoms with Crippen LogP contribution in [0, 0.1) is 11.7 Å². The van der Waals surface area contributed by atoms with Gasteiger partial charge in [-0.1, -0.05) is 26.0 Å². The zero-order valence-electron chi connectivity index (χ0n) is 13.1. The van der Waals surface area contributed by atoms with Gasteiger partial charge in [0.15, 0.2) is 5.76 Å². The van der Waals surface area contributed by atoms with E-state index in [2.05, 4.69) is 10.6 Å². The standard InChI is InChI=1S/C17H19FN2O3/c1-11(2)16(21)19-9-10-20-17(22)15-8-7-14(23-15)12-5-3-4-6-13(12)18/h3-8,11H,9-10H2,1-2H3,(H,19,21)(H,20,22). The van der Waals surface area contributed by atoms with Crippen LogP contribution in [0.4, 0.5) is 4.39 Å². The van der Waals surface area contributed by atoms with Crippen LogP contribution in [0.2, 0.25) is 0 Å². The summed E-state index contributed by atoms with van der Waals surface area (Å²) in [6.07, 6.45) is 0. The lowest BCUT2D eigenvalue weighted by atomic mass is 10.1. The largest absolute Gasteiger partial charge is 0.451 e. The number of amides is 2. The molecule has 0 bridgehead atoms. The van der Waals surface area contributed by atoms with Crippen molar-refractivity contribution in [1.82, 2.24) is 10.6 Å². The fourth-order valence-corrected chi connectivity index (χ4v) is 1.92. The van der Waals surface area contributed by atoms with Crippen molar-refractivity contribution in [3.8, 4) is 11.3 Å². The molecular formula is C17H19FN2O3. The van der Waals surface area contributed by atoms with E-state index < -0.39 is 11.7 Å². The highest BCUT2D eigenvalue weighted by molar-refractivity contribution is 5.92. The Labute approximate surface area is 133 Å². The van der Waals surface area contributed by atoms with E-state index in [9.17, 15) is 14.0 Å². The van der Waals surface area contributed by atoms with Gasteiger partial charge in [-0.2, -0.15) is 0 Å². The molecule has 0 aliphatic heterocycles. The van der Waals surface area contributed by atoms with Crippen LogP contribution >= 0.6 is 0 Å². The molecule has 6 heteroatoms. The molecule has 0 unspecified atom stereocenters. The van der Waals surface area contributed by atoms with Gasteiger partial charge in [-0.3, -0.25) is 9.59 Å². The number of nitrogens with one attached hydrogen (secondary N) is 2. The lowest BCUT2D eigenvalue weighted by molar-refractivity contribution is -0.123. The van der Waals surface area contributed by atoms with Crippen LogP contribution in [0.15, 0.2) is 40.8 Å². The molecule has 2 aromatic rings. The number of benzene rings is 1. The minimum absolute atomic E-state index is 0.0703. The molecule has 1 heterocycles. The predicted octanol–water partition coefficient (Wildman–Crippen LogP) is 2.59. The molecule has 0 atom stereocenters. The molecule has 2 rings (SSSR count). The summed E-state index contributed by atoms with van der Waals surface area (Å²) in [7, 11) is 0. The highest BCUT2D eigenvalue weighted by Crippen LogP contribution is 2.24. The van der Waals surface area contributed by atoms with E-state index >= 15 is 0 Å². The van der Waals surface area contributed by atoms with Crippen molar-refractivity contribution in [1.29, 1.82) is 0 Å². The summed E-state index contributed by atoms with van der Waals surface area (Å²) in [6.45, 7) is 4.21. The topological polar surface area (TPSA) is 71.3 Å². The highest BCUT2D eigenvalue weighted by atomic mass is 19.1. The summed E-state index contributed by atoms with van der Waals surface area (Å²) in [5.41, 5.74) is 0.302. The van der Waals surface area contributed by atoms with Gasteiger partial charge in [-0.25, -0.2) is 4.39 Å². The monoisotopic (exact) mass is 318 g/mol. The lowest BCUT2D eigenvalue weighted by Crippen LogP contribution is -2.36. The second-order valence-corrected chi connectivity index (χ2v) is 5.35. The van der Waals surface area contributed by atoms with Gasteiger partial charge in [0.25, 0.3) is 5.91 Å². The second-order valence-electron chi connectivity index (χ2n) is 5.35. The molecule has 0 spiro atoms. The van der Waals surface area contributed by atoms with Crippen LogP contribution in [-0.2, 0) is 4.79 Å². The smallest absolute Gasteiger partial charge is 0.287 e. The van der Waals surface area contributed by atoms with Gasteiger partial charge in [0.2, 0.25) is 5.91 Å².